The minimum atomic E-state index is -1.30. The van der Waals surface area contributed by atoms with Crippen LogP contribution < -0.4 is 9.47 Å². The standard InChI is InChI=1S/C16H13BO3S/c1-19-11-5-3-10(4-6-11)16-15(17)13-8-7-12(20-2)9-14(13)21(16)18/h3-9H,1-2H3. The molecule has 21 heavy (non-hydrogen) atoms. The number of hydrogen-bond donors (Lipinski definition) is 0. The largest absolute Gasteiger partial charge is 0.497 e. The average Bonchev–Trinajstić information content (AvgIpc) is 2.78. The highest BCUT2D eigenvalue weighted by molar-refractivity contribution is 7.95. The second kappa shape index (κ2) is 5.41. The minimum Gasteiger partial charge on any atom is -0.497 e. The van der Waals surface area contributed by atoms with Crippen LogP contribution in [0.1, 0.15) is 11.1 Å². The molecule has 0 aromatic heterocycles. The SMILES string of the molecule is [B]C1=C(c2ccc(OC)cc2)S(=O)c2cc(OC)ccc21. The third-order valence-corrected chi connectivity index (χ3v) is 5.02. The number of ether oxygens (including phenoxy) is 2. The summed E-state index contributed by atoms with van der Waals surface area (Å²) in [4.78, 5) is 1.33. The van der Waals surface area contributed by atoms with E-state index in [2.05, 4.69) is 0 Å². The Kier molecular flexibility index (Phi) is 3.59. The number of methoxy groups -OCH3 is 2. The smallest absolute Gasteiger partial charge is 0.120 e. The molecule has 3 nitrogen and oxygen atoms in total. The highest BCUT2D eigenvalue weighted by Crippen LogP contribution is 2.41. The van der Waals surface area contributed by atoms with Crippen molar-refractivity contribution >= 4 is 29.0 Å². The van der Waals surface area contributed by atoms with Gasteiger partial charge >= 0.3 is 0 Å². The van der Waals surface area contributed by atoms with E-state index in [-0.39, 0.29) is 0 Å². The summed E-state index contributed by atoms with van der Waals surface area (Å²) >= 11 is 0. The van der Waals surface area contributed by atoms with Crippen molar-refractivity contribution in [3.8, 4) is 11.5 Å². The Morgan fingerprint density at radius 1 is 0.952 bits per heavy atom. The van der Waals surface area contributed by atoms with Gasteiger partial charge in [-0.2, -0.15) is 0 Å². The molecule has 104 valence electrons. The zero-order chi connectivity index (χ0) is 15.0. The summed E-state index contributed by atoms with van der Waals surface area (Å²) in [5, 5.41) is 0. The molecule has 0 bridgehead atoms. The van der Waals surface area contributed by atoms with Crippen LogP contribution in [0.15, 0.2) is 47.4 Å². The highest BCUT2D eigenvalue weighted by atomic mass is 32.2. The van der Waals surface area contributed by atoms with Crippen molar-refractivity contribution in [2.75, 3.05) is 14.2 Å². The van der Waals surface area contributed by atoms with E-state index in [9.17, 15) is 4.21 Å². The predicted molar refractivity (Wildman–Crippen MR) is 85.0 cm³/mol. The molecule has 1 atom stereocenters. The van der Waals surface area contributed by atoms with Gasteiger partial charge in [-0.15, -0.1) is 0 Å². The van der Waals surface area contributed by atoms with Crippen LogP contribution in [0.3, 0.4) is 0 Å². The fraction of sp³-hybridized carbons (Fsp3) is 0.125. The summed E-state index contributed by atoms with van der Waals surface area (Å²) in [5.74, 6) is 1.42. The summed E-state index contributed by atoms with van der Waals surface area (Å²) in [7, 11) is 8.08. The van der Waals surface area contributed by atoms with Crippen LogP contribution in [0.4, 0.5) is 0 Å². The van der Waals surface area contributed by atoms with Crippen LogP contribution in [0.25, 0.3) is 10.4 Å². The van der Waals surface area contributed by atoms with Gasteiger partial charge in [0.25, 0.3) is 0 Å². The van der Waals surface area contributed by atoms with Gasteiger partial charge in [-0.05, 0) is 35.4 Å². The van der Waals surface area contributed by atoms with Crippen LogP contribution in [0, 0.1) is 0 Å². The lowest BCUT2D eigenvalue weighted by Gasteiger charge is -2.05. The molecule has 0 saturated heterocycles. The van der Waals surface area contributed by atoms with Gasteiger partial charge in [-0.1, -0.05) is 23.7 Å². The van der Waals surface area contributed by atoms with Crippen LogP contribution >= 0.6 is 0 Å². The van der Waals surface area contributed by atoms with E-state index in [0.29, 0.717) is 21.0 Å². The summed E-state index contributed by atoms with van der Waals surface area (Å²) in [6.07, 6.45) is 0. The Balaban J connectivity index is 2.08. The first-order valence-electron chi connectivity index (χ1n) is 6.40. The molecule has 0 saturated carbocycles. The molecule has 3 rings (SSSR count). The third kappa shape index (κ3) is 2.27. The van der Waals surface area contributed by atoms with E-state index in [1.54, 1.807) is 20.3 Å². The first-order chi connectivity index (χ1) is 10.2. The Hall–Kier alpha value is -2.01. The summed E-state index contributed by atoms with van der Waals surface area (Å²) in [6.45, 7) is 0. The van der Waals surface area contributed by atoms with E-state index in [1.165, 1.54) is 0 Å². The van der Waals surface area contributed by atoms with Gasteiger partial charge in [-0.3, -0.25) is 0 Å². The van der Waals surface area contributed by atoms with Crippen LogP contribution in [-0.4, -0.2) is 26.3 Å². The maximum Gasteiger partial charge on any atom is 0.120 e. The molecule has 1 unspecified atom stereocenters. The van der Waals surface area contributed by atoms with Crippen molar-refractivity contribution in [2.24, 2.45) is 0 Å². The molecule has 1 heterocycles. The summed E-state index contributed by atoms with van der Waals surface area (Å²) in [5.41, 5.74) is 2.19. The number of fused-ring (bicyclic) bond motifs is 1. The van der Waals surface area contributed by atoms with Gasteiger partial charge in [-0.25, -0.2) is 4.21 Å². The minimum absolute atomic E-state index is 0.552. The topological polar surface area (TPSA) is 35.5 Å². The van der Waals surface area contributed by atoms with E-state index < -0.39 is 10.8 Å². The monoisotopic (exact) mass is 296 g/mol. The van der Waals surface area contributed by atoms with Crippen LogP contribution in [-0.2, 0) is 10.8 Å². The van der Waals surface area contributed by atoms with Crippen molar-refractivity contribution in [1.29, 1.82) is 0 Å². The lowest BCUT2D eigenvalue weighted by atomic mass is 9.87. The number of rotatable bonds is 3. The van der Waals surface area contributed by atoms with Gasteiger partial charge < -0.3 is 9.47 Å². The maximum absolute atomic E-state index is 12.7. The molecule has 0 fully saturated rings. The lowest BCUT2D eigenvalue weighted by molar-refractivity contribution is 0.413. The predicted octanol–water partition coefficient (Wildman–Crippen LogP) is 2.82. The van der Waals surface area contributed by atoms with E-state index in [1.807, 2.05) is 36.4 Å². The molecule has 0 amide bonds. The molecule has 0 spiro atoms. The van der Waals surface area contributed by atoms with E-state index >= 15 is 0 Å². The normalized spacial score (nSPS) is 16.8. The summed E-state index contributed by atoms with van der Waals surface area (Å²) in [6, 6.07) is 12.8. The Morgan fingerprint density at radius 2 is 1.57 bits per heavy atom. The number of benzene rings is 2. The van der Waals surface area contributed by atoms with Crippen LogP contribution in [0.2, 0.25) is 0 Å². The van der Waals surface area contributed by atoms with Crippen LogP contribution in [0.5, 0.6) is 11.5 Å². The van der Waals surface area contributed by atoms with E-state index in [0.717, 1.165) is 16.9 Å². The second-order valence-electron chi connectivity index (χ2n) is 4.60. The van der Waals surface area contributed by atoms with Gasteiger partial charge in [0.05, 0.1) is 29.9 Å². The Morgan fingerprint density at radius 3 is 2.19 bits per heavy atom. The quantitative estimate of drug-likeness (QED) is 0.817. The Labute approximate surface area is 127 Å². The Bertz CT molecular complexity index is 751. The molecular formula is C16H13BO3S. The van der Waals surface area contributed by atoms with Crippen molar-refractivity contribution in [3.05, 3.63) is 53.6 Å². The second-order valence-corrected chi connectivity index (χ2v) is 5.99. The van der Waals surface area contributed by atoms with Gasteiger partial charge in [0.1, 0.15) is 19.3 Å². The fourth-order valence-corrected chi connectivity index (χ4v) is 3.82. The number of hydrogen-bond acceptors (Lipinski definition) is 3. The van der Waals surface area contributed by atoms with Gasteiger partial charge in [0.15, 0.2) is 0 Å². The first kappa shape index (κ1) is 14.0. The summed E-state index contributed by atoms with van der Waals surface area (Å²) < 4.78 is 23.0. The highest BCUT2D eigenvalue weighted by Gasteiger charge is 2.27. The van der Waals surface area contributed by atoms with Gasteiger partial charge in [0.2, 0.25) is 0 Å². The average molecular weight is 296 g/mol. The zero-order valence-corrected chi connectivity index (χ0v) is 12.6. The molecule has 5 heteroatoms. The maximum atomic E-state index is 12.7. The van der Waals surface area contributed by atoms with Crippen molar-refractivity contribution in [3.63, 3.8) is 0 Å². The molecule has 1 aliphatic rings. The molecule has 2 radical (unpaired) electrons. The molecule has 2 aromatic rings. The van der Waals surface area contributed by atoms with Crippen molar-refractivity contribution in [2.45, 2.75) is 4.90 Å². The fourth-order valence-electron chi connectivity index (χ4n) is 2.34. The lowest BCUT2D eigenvalue weighted by Crippen LogP contribution is -1.93. The third-order valence-electron chi connectivity index (χ3n) is 3.46. The first-order valence-corrected chi connectivity index (χ1v) is 7.55. The molecule has 0 aliphatic carbocycles. The van der Waals surface area contributed by atoms with Gasteiger partial charge in [0, 0.05) is 4.91 Å². The molecule has 1 aliphatic heterocycles. The van der Waals surface area contributed by atoms with E-state index in [4.69, 9.17) is 17.3 Å². The zero-order valence-electron chi connectivity index (χ0n) is 11.8. The molecule has 2 aromatic carbocycles. The molecular weight excluding hydrogens is 283 g/mol. The van der Waals surface area contributed by atoms with Crippen molar-refractivity contribution < 1.29 is 13.7 Å². The molecule has 0 N–H and O–H groups in total. The van der Waals surface area contributed by atoms with Crippen molar-refractivity contribution in [1.82, 2.24) is 0 Å².